The maximum atomic E-state index is 11.3. The molecule has 1 aromatic carbocycles. The number of benzene rings is 1. The first-order valence-corrected chi connectivity index (χ1v) is 5.59. The number of nitrogens with one attached hydrogen (secondary N) is 1. The van der Waals surface area contributed by atoms with E-state index in [2.05, 4.69) is 5.32 Å². The summed E-state index contributed by atoms with van der Waals surface area (Å²) >= 11 is 11.9. The van der Waals surface area contributed by atoms with Crippen molar-refractivity contribution in [1.82, 2.24) is 0 Å². The molecule has 0 heterocycles. The van der Waals surface area contributed by atoms with Crippen LogP contribution < -0.4 is 5.32 Å². The zero-order valence-electron chi connectivity index (χ0n) is 9.30. The Labute approximate surface area is 105 Å². The molecule has 3 nitrogen and oxygen atoms in total. The quantitative estimate of drug-likeness (QED) is 0.864. The highest BCUT2D eigenvalue weighted by Crippen LogP contribution is 2.28. The lowest BCUT2D eigenvalue weighted by molar-refractivity contribution is 0.130. The van der Waals surface area contributed by atoms with Gasteiger partial charge in [0.1, 0.15) is 0 Å². The van der Waals surface area contributed by atoms with Crippen molar-refractivity contribution in [3.8, 4) is 0 Å². The summed E-state index contributed by atoms with van der Waals surface area (Å²) in [5, 5.41) is 3.51. The van der Waals surface area contributed by atoms with Crippen LogP contribution in [0.2, 0.25) is 10.0 Å². The number of hydrogen-bond donors (Lipinski definition) is 1. The molecule has 0 aromatic heterocycles. The molecule has 0 fully saturated rings. The summed E-state index contributed by atoms with van der Waals surface area (Å²) in [6.45, 7) is 5.37. The van der Waals surface area contributed by atoms with Gasteiger partial charge in [0.05, 0.1) is 16.8 Å². The Hall–Kier alpha value is -0.930. The first-order chi connectivity index (χ1) is 7.40. The fraction of sp³-hybridized carbons (Fsp3) is 0.364. The number of halogens is 2. The van der Waals surface area contributed by atoms with Crippen LogP contribution in [0.3, 0.4) is 0 Å². The van der Waals surface area contributed by atoms with Gasteiger partial charge < -0.3 is 4.74 Å². The van der Waals surface area contributed by atoms with Crippen LogP contribution in [0.1, 0.15) is 19.4 Å². The van der Waals surface area contributed by atoms with Gasteiger partial charge in [-0.05, 0) is 38.5 Å². The molecule has 0 aliphatic heterocycles. The van der Waals surface area contributed by atoms with E-state index >= 15 is 0 Å². The minimum absolute atomic E-state index is 0.181. The minimum Gasteiger partial charge on any atom is -0.447 e. The molecule has 0 spiro atoms. The summed E-state index contributed by atoms with van der Waals surface area (Å²) < 4.78 is 4.93. The van der Waals surface area contributed by atoms with Gasteiger partial charge in [0, 0.05) is 5.02 Å². The van der Waals surface area contributed by atoms with Crippen LogP contribution in [-0.4, -0.2) is 12.2 Å². The number of amides is 1. The Balaban J connectivity index is 2.81. The van der Waals surface area contributed by atoms with E-state index in [9.17, 15) is 4.79 Å². The van der Waals surface area contributed by atoms with E-state index in [1.807, 2.05) is 6.92 Å². The largest absolute Gasteiger partial charge is 0.447 e. The standard InChI is InChI=1S/C11H13Cl2NO2/c1-6(2)16-11(15)14-10-5-8(12)7(3)4-9(10)13/h4-6H,1-3H3,(H,14,15). The molecule has 1 rings (SSSR count). The van der Waals surface area contributed by atoms with Gasteiger partial charge in [-0.2, -0.15) is 0 Å². The zero-order chi connectivity index (χ0) is 12.3. The molecular formula is C11H13Cl2NO2. The van der Waals surface area contributed by atoms with E-state index in [-0.39, 0.29) is 6.10 Å². The second-order valence-corrected chi connectivity index (χ2v) is 4.47. The molecule has 88 valence electrons. The van der Waals surface area contributed by atoms with Crippen LogP contribution in [0.5, 0.6) is 0 Å². The van der Waals surface area contributed by atoms with Gasteiger partial charge in [-0.15, -0.1) is 0 Å². The van der Waals surface area contributed by atoms with Crippen LogP contribution in [0, 0.1) is 6.92 Å². The zero-order valence-corrected chi connectivity index (χ0v) is 10.8. The fourth-order valence-corrected chi connectivity index (χ4v) is 1.52. The number of aryl methyl sites for hydroxylation is 1. The van der Waals surface area contributed by atoms with Gasteiger partial charge in [-0.1, -0.05) is 23.2 Å². The average Bonchev–Trinajstić information content (AvgIpc) is 2.12. The van der Waals surface area contributed by atoms with Crippen molar-refractivity contribution in [2.75, 3.05) is 5.32 Å². The van der Waals surface area contributed by atoms with E-state index in [0.717, 1.165) is 5.56 Å². The smallest absolute Gasteiger partial charge is 0.411 e. The topological polar surface area (TPSA) is 38.3 Å². The van der Waals surface area contributed by atoms with Crippen LogP contribution in [0.15, 0.2) is 12.1 Å². The molecule has 1 amide bonds. The van der Waals surface area contributed by atoms with Crippen molar-refractivity contribution in [3.63, 3.8) is 0 Å². The van der Waals surface area contributed by atoms with Gasteiger partial charge in [0.15, 0.2) is 0 Å². The summed E-state index contributed by atoms with van der Waals surface area (Å²) in [5.41, 5.74) is 1.30. The lowest BCUT2D eigenvalue weighted by atomic mass is 10.2. The maximum absolute atomic E-state index is 11.3. The molecule has 0 atom stereocenters. The Morgan fingerprint density at radius 2 is 1.94 bits per heavy atom. The van der Waals surface area contributed by atoms with Crippen molar-refractivity contribution in [2.24, 2.45) is 0 Å². The van der Waals surface area contributed by atoms with Crippen molar-refractivity contribution in [2.45, 2.75) is 26.9 Å². The van der Waals surface area contributed by atoms with Crippen molar-refractivity contribution >= 4 is 35.0 Å². The molecule has 0 saturated carbocycles. The minimum atomic E-state index is -0.545. The highest BCUT2D eigenvalue weighted by molar-refractivity contribution is 6.36. The predicted molar refractivity (Wildman–Crippen MR) is 66.4 cm³/mol. The first kappa shape index (κ1) is 13.1. The number of hydrogen-bond acceptors (Lipinski definition) is 2. The fourth-order valence-electron chi connectivity index (χ4n) is 1.10. The molecule has 0 aliphatic carbocycles. The third kappa shape index (κ3) is 3.58. The SMILES string of the molecule is Cc1cc(Cl)c(NC(=O)OC(C)C)cc1Cl. The van der Waals surface area contributed by atoms with E-state index in [0.29, 0.717) is 15.7 Å². The number of rotatable bonds is 2. The van der Waals surface area contributed by atoms with Gasteiger partial charge in [-0.3, -0.25) is 5.32 Å². The second kappa shape index (κ2) is 5.41. The molecule has 0 unspecified atom stereocenters. The summed E-state index contributed by atoms with van der Waals surface area (Å²) in [4.78, 5) is 11.3. The monoisotopic (exact) mass is 261 g/mol. The molecule has 0 radical (unpaired) electrons. The Kier molecular flexibility index (Phi) is 4.44. The second-order valence-electron chi connectivity index (χ2n) is 3.66. The summed E-state index contributed by atoms with van der Waals surface area (Å²) in [6, 6.07) is 3.29. The molecule has 5 heteroatoms. The van der Waals surface area contributed by atoms with Crippen LogP contribution in [0.4, 0.5) is 10.5 Å². The Bertz CT molecular complexity index is 405. The maximum Gasteiger partial charge on any atom is 0.411 e. The number of carbonyl (C=O) groups is 1. The third-order valence-electron chi connectivity index (χ3n) is 1.83. The van der Waals surface area contributed by atoms with E-state index in [1.54, 1.807) is 26.0 Å². The summed E-state index contributed by atoms with van der Waals surface area (Å²) in [7, 11) is 0. The molecule has 16 heavy (non-hydrogen) atoms. The third-order valence-corrected chi connectivity index (χ3v) is 2.55. The molecular weight excluding hydrogens is 249 g/mol. The van der Waals surface area contributed by atoms with Gasteiger partial charge >= 0.3 is 6.09 Å². The summed E-state index contributed by atoms with van der Waals surface area (Å²) in [6.07, 6.45) is -0.725. The van der Waals surface area contributed by atoms with E-state index < -0.39 is 6.09 Å². The van der Waals surface area contributed by atoms with Crippen LogP contribution >= 0.6 is 23.2 Å². The van der Waals surface area contributed by atoms with Gasteiger partial charge in [0.2, 0.25) is 0 Å². The normalized spacial score (nSPS) is 10.4. The molecule has 1 N–H and O–H groups in total. The molecule has 0 saturated heterocycles. The van der Waals surface area contributed by atoms with Crippen LogP contribution in [-0.2, 0) is 4.74 Å². The van der Waals surface area contributed by atoms with Gasteiger partial charge in [-0.25, -0.2) is 4.79 Å². The predicted octanol–water partition coefficient (Wildman–Crippen LogP) is 4.26. The van der Waals surface area contributed by atoms with E-state index in [4.69, 9.17) is 27.9 Å². The lowest BCUT2D eigenvalue weighted by Crippen LogP contribution is -2.18. The molecule has 0 aliphatic rings. The Morgan fingerprint density at radius 1 is 1.31 bits per heavy atom. The summed E-state index contributed by atoms with van der Waals surface area (Å²) in [5.74, 6) is 0. The van der Waals surface area contributed by atoms with Crippen molar-refractivity contribution in [3.05, 3.63) is 27.7 Å². The highest BCUT2D eigenvalue weighted by Gasteiger charge is 2.10. The van der Waals surface area contributed by atoms with E-state index in [1.165, 1.54) is 0 Å². The number of anilines is 1. The van der Waals surface area contributed by atoms with Crippen molar-refractivity contribution in [1.29, 1.82) is 0 Å². The average molecular weight is 262 g/mol. The Morgan fingerprint density at radius 3 is 2.50 bits per heavy atom. The molecule has 1 aromatic rings. The number of carbonyl (C=O) groups excluding carboxylic acids is 1. The lowest BCUT2D eigenvalue weighted by Gasteiger charge is -2.11. The highest BCUT2D eigenvalue weighted by atomic mass is 35.5. The van der Waals surface area contributed by atoms with Gasteiger partial charge in [0.25, 0.3) is 0 Å². The van der Waals surface area contributed by atoms with Crippen molar-refractivity contribution < 1.29 is 9.53 Å². The first-order valence-electron chi connectivity index (χ1n) is 4.83. The van der Waals surface area contributed by atoms with Crippen LogP contribution in [0.25, 0.3) is 0 Å². The number of ether oxygens (including phenoxy) is 1. The molecule has 0 bridgehead atoms.